The minimum atomic E-state index is -0.00889. The molecule has 2 aromatic rings. The van der Waals surface area contributed by atoms with Gasteiger partial charge in [-0.15, -0.1) is 0 Å². The fourth-order valence-corrected chi connectivity index (χ4v) is 2.56. The Morgan fingerprint density at radius 3 is 2.95 bits per heavy atom. The van der Waals surface area contributed by atoms with Gasteiger partial charge in [0, 0.05) is 18.4 Å². The number of fused-ring (bicyclic) bond motifs is 1. The lowest BCUT2D eigenvalue weighted by molar-refractivity contribution is 0.0980. The highest BCUT2D eigenvalue weighted by atomic mass is 16.2. The van der Waals surface area contributed by atoms with Crippen LogP contribution >= 0.6 is 0 Å². The summed E-state index contributed by atoms with van der Waals surface area (Å²) in [6.45, 7) is 2.85. The van der Waals surface area contributed by atoms with Gasteiger partial charge in [-0.3, -0.25) is 9.78 Å². The third-order valence-corrected chi connectivity index (χ3v) is 3.48. The Balaban J connectivity index is 1.98. The van der Waals surface area contributed by atoms with E-state index in [1.54, 1.807) is 12.3 Å². The fraction of sp³-hybridized carbons (Fsp3) is 0.250. The largest absolute Gasteiger partial charge is 0.307 e. The molecule has 19 heavy (non-hydrogen) atoms. The number of anilines is 1. The molecule has 1 amide bonds. The van der Waals surface area contributed by atoms with Crippen molar-refractivity contribution in [3.63, 3.8) is 0 Å². The molecule has 3 rings (SSSR count). The monoisotopic (exact) mass is 252 g/mol. The van der Waals surface area contributed by atoms with E-state index in [1.807, 2.05) is 23.1 Å². The number of nitrogens with zero attached hydrogens (tertiary/aromatic N) is 2. The molecule has 0 bridgehead atoms. The highest BCUT2D eigenvalue weighted by Crippen LogP contribution is 2.28. The Morgan fingerprint density at radius 2 is 2.16 bits per heavy atom. The van der Waals surface area contributed by atoms with Crippen LogP contribution in [0.3, 0.4) is 0 Å². The first-order valence-electron chi connectivity index (χ1n) is 6.58. The first kappa shape index (κ1) is 11.9. The lowest BCUT2D eigenvalue weighted by Crippen LogP contribution is -2.35. The maximum absolute atomic E-state index is 12.5. The summed E-state index contributed by atoms with van der Waals surface area (Å²) in [4.78, 5) is 18.5. The van der Waals surface area contributed by atoms with Gasteiger partial charge in [-0.05, 0) is 43.5 Å². The van der Waals surface area contributed by atoms with Crippen LogP contribution in [0.4, 0.5) is 5.69 Å². The summed E-state index contributed by atoms with van der Waals surface area (Å²) >= 11 is 0. The van der Waals surface area contributed by atoms with Crippen LogP contribution in [0.2, 0.25) is 0 Å². The highest BCUT2D eigenvalue weighted by molar-refractivity contribution is 6.05. The van der Waals surface area contributed by atoms with Gasteiger partial charge in [-0.25, -0.2) is 0 Å². The van der Waals surface area contributed by atoms with Crippen molar-refractivity contribution >= 4 is 11.6 Å². The topological polar surface area (TPSA) is 33.2 Å². The van der Waals surface area contributed by atoms with E-state index < -0.39 is 0 Å². The average molecular weight is 252 g/mol. The lowest BCUT2D eigenvalue weighted by atomic mass is 9.99. The van der Waals surface area contributed by atoms with E-state index in [4.69, 9.17) is 0 Å². The van der Waals surface area contributed by atoms with Crippen LogP contribution in [-0.2, 0) is 6.42 Å². The summed E-state index contributed by atoms with van der Waals surface area (Å²) in [5.74, 6) is -0.00889. The molecule has 0 saturated heterocycles. The lowest BCUT2D eigenvalue weighted by Gasteiger charge is -2.29. The summed E-state index contributed by atoms with van der Waals surface area (Å²) in [6.07, 6.45) is 3.71. The van der Waals surface area contributed by atoms with Crippen LogP contribution in [0.25, 0.3) is 0 Å². The molecular weight excluding hydrogens is 236 g/mol. The fourth-order valence-electron chi connectivity index (χ4n) is 2.56. The van der Waals surface area contributed by atoms with Crippen molar-refractivity contribution in [3.05, 3.63) is 59.4 Å². The van der Waals surface area contributed by atoms with Crippen molar-refractivity contribution in [2.24, 2.45) is 0 Å². The van der Waals surface area contributed by atoms with Gasteiger partial charge in [-0.2, -0.15) is 0 Å². The van der Waals surface area contributed by atoms with Crippen LogP contribution in [0.5, 0.6) is 0 Å². The normalized spacial score (nSPS) is 14.1. The molecule has 1 aromatic heterocycles. The van der Waals surface area contributed by atoms with Crippen molar-refractivity contribution in [1.82, 2.24) is 4.98 Å². The van der Waals surface area contributed by atoms with Crippen LogP contribution in [-0.4, -0.2) is 17.4 Å². The van der Waals surface area contributed by atoms with E-state index in [2.05, 4.69) is 24.0 Å². The van der Waals surface area contributed by atoms with Gasteiger partial charge in [0.15, 0.2) is 0 Å². The predicted molar refractivity (Wildman–Crippen MR) is 75.4 cm³/mol. The van der Waals surface area contributed by atoms with E-state index in [1.165, 1.54) is 11.1 Å². The van der Waals surface area contributed by atoms with E-state index in [0.717, 1.165) is 25.1 Å². The molecule has 0 atom stereocenters. The molecule has 96 valence electrons. The molecule has 1 aromatic carbocycles. The van der Waals surface area contributed by atoms with Crippen LogP contribution < -0.4 is 4.90 Å². The van der Waals surface area contributed by atoms with Gasteiger partial charge in [0.25, 0.3) is 5.91 Å². The zero-order chi connectivity index (χ0) is 13.2. The number of benzene rings is 1. The quantitative estimate of drug-likeness (QED) is 0.781. The van der Waals surface area contributed by atoms with Crippen molar-refractivity contribution < 1.29 is 4.79 Å². The molecule has 3 nitrogen and oxygen atoms in total. The van der Waals surface area contributed by atoms with Crippen molar-refractivity contribution in [2.75, 3.05) is 11.4 Å². The molecule has 0 N–H and O–H groups in total. The Kier molecular flexibility index (Phi) is 3.03. The summed E-state index contributed by atoms with van der Waals surface area (Å²) in [5, 5.41) is 0. The summed E-state index contributed by atoms with van der Waals surface area (Å²) in [5.41, 5.74) is 4.05. The van der Waals surface area contributed by atoms with E-state index in [9.17, 15) is 4.79 Å². The van der Waals surface area contributed by atoms with Crippen molar-refractivity contribution in [2.45, 2.75) is 19.8 Å². The van der Waals surface area contributed by atoms with Gasteiger partial charge >= 0.3 is 0 Å². The number of carbonyl (C=O) groups excluding carboxylic acids is 1. The minimum Gasteiger partial charge on any atom is -0.307 e. The first-order valence-corrected chi connectivity index (χ1v) is 6.58. The number of hydrogen-bond donors (Lipinski definition) is 0. The van der Waals surface area contributed by atoms with Crippen LogP contribution in [0, 0.1) is 6.92 Å². The van der Waals surface area contributed by atoms with Gasteiger partial charge in [0.2, 0.25) is 0 Å². The Morgan fingerprint density at radius 1 is 1.26 bits per heavy atom. The predicted octanol–water partition coefficient (Wildman–Crippen LogP) is 2.98. The smallest absolute Gasteiger partial charge is 0.276 e. The molecule has 3 heteroatoms. The number of amides is 1. The Hall–Kier alpha value is -2.16. The van der Waals surface area contributed by atoms with Crippen LogP contribution in [0.15, 0.2) is 42.6 Å². The second-order valence-electron chi connectivity index (χ2n) is 4.91. The second-order valence-corrected chi connectivity index (χ2v) is 4.91. The van der Waals surface area contributed by atoms with Gasteiger partial charge in [-0.1, -0.05) is 23.8 Å². The van der Waals surface area contributed by atoms with E-state index in [-0.39, 0.29) is 5.91 Å². The summed E-state index contributed by atoms with van der Waals surface area (Å²) in [7, 11) is 0. The van der Waals surface area contributed by atoms with E-state index >= 15 is 0 Å². The zero-order valence-corrected chi connectivity index (χ0v) is 11.0. The average Bonchev–Trinajstić information content (AvgIpc) is 2.46. The van der Waals surface area contributed by atoms with E-state index in [0.29, 0.717) is 5.69 Å². The molecule has 0 spiro atoms. The number of pyridine rings is 1. The minimum absolute atomic E-state index is 0.00889. The zero-order valence-electron chi connectivity index (χ0n) is 11.0. The maximum atomic E-state index is 12.5. The molecule has 1 aliphatic heterocycles. The number of aromatic nitrogens is 1. The van der Waals surface area contributed by atoms with Crippen LogP contribution in [0.1, 0.15) is 28.0 Å². The first-order chi connectivity index (χ1) is 9.25. The van der Waals surface area contributed by atoms with Crippen molar-refractivity contribution in [1.29, 1.82) is 0 Å². The number of aryl methyl sites for hydroxylation is 2. The molecule has 0 fully saturated rings. The third-order valence-electron chi connectivity index (χ3n) is 3.48. The summed E-state index contributed by atoms with van der Waals surface area (Å²) < 4.78 is 0. The third kappa shape index (κ3) is 2.24. The highest BCUT2D eigenvalue weighted by Gasteiger charge is 2.23. The molecule has 0 saturated carbocycles. The van der Waals surface area contributed by atoms with Crippen molar-refractivity contribution in [3.8, 4) is 0 Å². The molecule has 0 radical (unpaired) electrons. The molecular formula is C16H16N2O. The number of carbonyl (C=O) groups is 1. The van der Waals surface area contributed by atoms with Gasteiger partial charge in [0.05, 0.1) is 0 Å². The van der Waals surface area contributed by atoms with Gasteiger partial charge in [0.1, 0.15) is 5.69 Å². The standard InChI is InChI=1S/C16H16N2O/c1-12-7-8-15-13(11-12)5-4-10-18(15)16(19)14-6-2-3-9-17-14/h2-3,6-9,11H,4-5,10H2,1H3. The Bertz CT molecular complexity index is 607. The second kappa shape index (κ2) is 4.84. The molecule has 0 unspecified atom stereocenters. The molecule has 0 aliphatic carbocycles. The Labute approximate surface area is 112 Å². The number of rotatable bonds is 1. The molecule has 1 aliphatic rings. The molecule has 2 heterocycles. The SMILES string of the molecule is Cc1ccc2c(c1)CCCN2C(=O)c1ccccn1. The maximum Gasteiger partial charge on any atom is 0.276 e. The summed E-state index contributed by atoms with van der Waals surface area (Å²) in [6, 6.07) is 11.7. The number of hydrogen-bond acceptors (Lipinski definition) is 2. The van der Waals surface area contributed by atoms with Gasteiger partial charge < -0.3 is 4.90 Å².